The van der Waals surface area contributed by atoms with Crippen molar-refractivity contribution in [2.45, 2.75) is 13.0 Å². The smallest absolute Gasteiger partial charge is 0.171 e. The van der Waals surface area contributed by atoms with Gasteiger partial charge in [0, 0.05) is 18.1 Å². The highest BCUT2D eigenvalue weighted by molar-refractivity contribution is 7.80. The third-order valence-electron chi connectivity index (χ3n) is 4.46. The molecule has 4 aromatic rings. The summed E-state index contributed by atoms with van der Waals surface area (Å²) in [5.74, 6) is 0.390. The van der Waals surface area contributed by atoms with Gasteiger partial charge in [-0.1, -0.05) is 29.4 Å². The van der Waals surface area contributed by atoms with Crippen LogP contribution in [0.25, 0.3) is 22.6 Å². The van der Waals surface area contributed by atoms with Crippen molar-refractivity contribution in [2.24, 2.45) is 0 Å². The van der Waals surface area contributed by atoms with Crippen LogP contribution in [0.4, 0.5) is 10.1 Å². The predicted octanol–water partition coefficient (Wildman–Crippen LogP) is 4.92. The van der Waals surface area contributed by atoms with Crippen LogP contribution in [-0.2, 0) is 0 Å². The zero-order chi connectivity index (χ0) is 20.2. The van der Waals surface area contributed by atoms with Crippen molar-refractivity contribution in [2.75, 3.05) is 5.32 Å². The summed E-state index contributed by atoms with van der Waals surface area (Å²) in [5.41, 5.74) is 4.23. The lowest BCUT2D eigenvalue weighted by molar-refractivity contribution is 0.422. The minimum absolute atomic E-state index is 0.0530. The van der Waals surface area contributed by atoms with Crippen LogP contribution in [-0.4, -0.2) is 20.2 Å². The Morgan fingerprint density at radius 2 is 1.90 bits per heavy atom. The van der Waals surface area contributed by atoms with E-state index in [0.29, 0.717) is 16.6 Å². The first-order valence-electron chi connectivity index (χ1n) is 8.97. The van der Waals surface area contributed by atoms with Crippen LogP contribution in [0.1, 0.15) is 18.5 Å². The summed E-state index contributed by atoms with van der Waals surface area (Å²) in [6.07, 6.45) is 5.00. The van der Waals surface area contributed by atoms with Crippen molar-refractivity contribution in [3.63, 3.8) is 0 Å². The Hall–Kier alpha value is -3.52. The second-order valence-electron chi connectivity index (χ2n) is 6.46. The summed E-state index contributed by atoms with van der Waals surface area (Å²) >= 11 is 5.39. The largest absolute Gasteiger partial charge is 0.363 e. The number of aromatic nitrogens is 3. The standard InChI is InChI=1S/C21H18FN5OS/c1-13(14-2-6-16(22)7-3-14)25-21(29)26-17-8-4-15(5-9-17)18-12-28-27-19(18)20-23-10-11-24-20/h2-13H,1H3,(H,23,24)(H2,25,26,29). The summed E-state index contributed by atoms with van der Waals surface area (Å²) < 4.78 is 18.2. The van der Waals surface area contributed by atoms with E-state index >= 15 is 0 Å². The van der Waals surface area contributed by atoms with Crippen molar-refractivity contribution in [3.8, 4) is 22.6 Å². The number of hydrogen-bond donors (Lipinski definition) is 3. The maximum absolute atomic E-state index is 13.1. The van der Waals surface area contributed by atoms with Gasteiger partial charge in [-0.2, -0.15) is 0 Å². The van der Waals surface area contributed by atoms with Gasteiger partial charge in [0.25, 0.3) is 0 Å². The number of nitrogens with zero attached hydrogens (tertiary/aromatic N) is 2. The molecule has 2 heterocycles. The number of halogens is 1. The highest BCUT2D eigenvalue weighted by atomic mass is 32.1. The van der Waals surface area contributed by atoms with Gasteiger partial charge in [0.1, 0.15) is 12.1 Å². The Kier molecular flexibility index (Phi) is 5.35. The van der Waals surface area contributed by atoms with E-state index in [1.807, 2.05) is 31.2 Å². The van der Waals surface area contributed by atoms with E-state index in [2.05, 4.69) is 25.8 Å². The average molecular weight is 407 g/mol. The van der Waals surface area contributed by atoms with Crippen LogP contribution in [0, 0.1) is 5.82 Å². The van der Waals surface area contributed by atoms with Crippen molar-refractivity contribution in [1.29, 1.82) is 0 Å². The summed E-state index contributed by atoms with van der Waals surface area (Å²) in [7, 11) is 0. The van der Waals surface area contributed by atoms with E-state index < -0.39 is 0 Å². The fourth-order valence-corrected chi connectivity index (χ4v) is 3.23. The Bertz CT molecular complexity index is 1090. The molecule has 8 heteroatoms. The fourth-order valence-electron chi connectivity index (χ4n) is 2.94. The predicted molar refractivity (Wildman–Crippen MR) is 114 cm³/mol. The molecule has 1 unspecified atom stereocenters. The van der Waals surface area contributed by atoms with Crippen molar-refractivity contribution in [3.05, 3.63) is 78.6 Å². The topological polar surface area (TPSA) is 78.8 Å². The van der Waals surface area contributed by atoms with Gasteiger partial charge in [-0.3, -0.25) is 0 Å². The number of imidazole rings is 1. The van der Waals surface area contributed by atoms with Crippen LogP contribution in [0.15, 0.2) is 71.7 Å². The monoisotopic (exact) mass is 407 g/mol. The molecule has 0 aliphatic heterocycles. The highest BCUT2D eigenvalue weighted by Gasteiger charge is 2.14. The zero-order valence-electron chi connectivity index (χ0n) is 15.5. The second-order valence-corrected chi connectivity index (χ2v) is 6.87. The lowest BCUT2D eigenvalue weighted by Crippen LogP contribution is -2.30. The molecule has 0 aliphatic rings. The van der Waals surface area contributed by atoms with Gasteiger partial charge in [0.05, 0.1) is 11.6 Å². The van der Waals surface area contributed by atoms with E-state index in [-0.39, 0.29) is 11.9 Å². The Balaban J connectivity index is 1.42. The van der Waals surface area contributed by atoms with E-state index in [4.69, 9.17) is 16.7 Å². The Morgan fingerprint density at radius 1 is 1.14 bits per heavy atom. The van der Waals surface area contributed by atoms with Gasteiger partial charge in [-0.25, -0.2) is 9.37 Å². The first-order valence-corrected chi connectivity index (χ1v) is 9.38. The molecule has 0 amide bonds. The molecular formula is C21H18FN5OS. The molecule has 3 N–H and O–H groups in total. The minimum atomic E-state index is -0.259. The molecule has 0 aliphatic carbocycles. The summed E-state index contributed by atoms with van der Waals surface area (Å²) in [5, 5.41) is 10.9. The van der Waals surface area contributed by atoms with Gasteiger partial charge in [-0.05, 0) is 54.5 Å². The number of anilines is 1. The molecule has 4 rings (SSSR count). The normalized spacial score (nSPS) is 11.8. The van der Waals surface area contributed by atoms with Crippen LogP contribution in [0.2, 0.25) is 0 Å². The quantitative estimate of drug-likeness (QED) is 0.408. The number of aromatic amines is 1. The van der Waals surface area contributed by atoms with Gasteiger partial charge in [-0.15, -0.1) is 0 Å². The number of H-pyrrole nitrogens is 1. The number of nitrogens with one attached hydrogen (secondary N) is 3. The summed E-state index contributed by atoms with van der Waals surface area (Å²) in [6, 6.07) is 14.0. The molecule has 2 aromatic heterocycles. The maximum Gasteiger partial charge on any atom is 0.171 e. The first kappa shape index (κ1) is 18.8. The molecule has 0 spiro atoms. The van der Waals surface area contributed by atoms with Crippen molar-refractivity contribution in [1.82, 2.24) is 20.4 Å². The lowest BCUT2D eigenvalue weighted by Gasteiger charge is -2.17. The molecule has 29 heavy (non-hydrogen) atoms. The van der Waals surface area contributed by atoms with Crippen LogP contribution in [0.5, 0.6) is 0 Å². The van der Waals surface area contributed by atoms with E-state index in [1.54, 1.807) is 30.8 Å². The third kappa shape index (κ3) is 4.33. The molecule has 146 valence electrons. The van der Waals surface area contributed by atoms with Crippen LogP contribution < -0.4 is 10.6 Å². The number of benzene rings is 2. The van der Waals surface area contributed by atoms with Crippen molar-refractivity contribution >= 4 is 23.0 Å². The van der Waals surface area contributed by atoms with Crippen molar-refractivity contribution < 1.29 is 8.91 Å². The van der Waals surface area contributed by atoms with Crippen LogP contribution in [0.3, 0.4) is 0 Å². The van der Waals surface area contributed by atoms with Gasteiger partial charge in [0.2, 0.25) is 0 Å². The van der Waals surface area contributed by atoms with E-state index in [1.165, 1.54) is 12.1 Å². The molecule has 0 fully saturated rings. The number of thiocarbonyl (C=S) groups is 1. The first-order chi connectivity index (χ1) is 14.1. The van der Waals surface area contributed by atoms with Gasteiger partial charge >= 0.3 is 0 Å². The fraction of sp³-hybridized carbons (Fsp3) is 0.0952. The highest BCUT2D eigenvalue weighted by Crippen LogP contribution is 2.29. The Morgan fingerprint density at radius 3 is 2.59 bits per heavy atom. The van der Waals surface area contributed by atoms with E-state index in [9.17, 15) is 4.39 Å². The third-order valence-corrected chi connectivity index (χ3v) is 4.68. The van der Waals surface area contributed by atoms with Gasteiger partial charge in [0.15, 0.2) is 16.6 Å². The Labute approximate surface area is 172 Å². The molecular weight excluding hydrogens is 389 g/mol. The minimum Gasteiger partial charge on any atom is -0.363 e. The van der Waals surface area contributed by atoms with E-state index in [0.717, 1.165) is 22.4 Å². The summed E-state index contributed by atoms with van der Waals surface area (Å²) in [4.78, 5) is 7.25. The number of hydrogen-bond acceptors (Lipinski definition) is 4. The molecule has 0 bridgehead atoms. The van der Waals surface area contributed by atoms with Gasteiger partial charge < -0.3 is 20.1 Å². The molecule has 2 aromatic carbocycles. The summed E-state index contributed by atoms with van der Waals surface area (Å²) in [6.45, 7) is 1.96. The average Bonchev–Trinajstić information content (AvgIpc) is 3.40. The second kappa shape index (κ2) is 8.24. The molecule has 1 atom stereocenters. The molecule has 0 saturated carbocycles. The lowest BCUT2D eigenvalue weighted by atomic mass is 10.1. The SMILES string of the molecule is CC(NC(=S)Nc1ccc(-c2conc2-c2ncc[nH]2)cc1)c1ccc(F)cc1. The molecule has 0 saturated heterocycles. The van der Waals surface area contributed by atoms with Crippen LogP contribution >= 0.6 is 12.2 Å². The number of rotatable bonds is 5. The molecule has 0 radical (unpaired) electrons. The molecule has 6 nitrogen and oxygen atoms in total. The maximum atomic E-state index is 13.1. The zero-order valence-corrected chi connectivity index (χ0v) is 16.3.